The average molecular weight is 314 g/mol. The Morgan fingerprint density at radius 2 is 2.13 bits per heavy atom. The number of amides is 1. The van der Waals surface area contributed by atoms with Crippen molar-refractivity contribution >= 4 is 5.91 Å². The molecule has 2 aromatic heterocycles. The summed E-state index contributed by atoms with van der Waals surface area (Å²) in [6.45, 7) is 5.83. The van der Waals surface area contributed by atoms with Gasteiger partial charge in [0.2, 0.25) is 5.91 Å². The van der Waals surface area contributed by atoms with Crippen LogP contribution >= 0.6 is 0 Å². The van der Waals surface area contributed by atoms with Crippen molar-refractivity contribution in [3.05, 3.63) is 42.5 Å². The van der Waals surface area contributed by atoms with Gasteiger partial charge in [-0.25, -0.2) is 0 Å². The van der Waals surface area contributed by atoms with E-state index in [0.717, 1.165) is 25.9 Å². The summed E-state index contributed by atoms with van der Waals surface area (Å²) in [6, 6.07) is 4.48. The fraction of sp³-hybridized carbons (Fsp3) is 0.556. The van der Waals surface area contributed by atoms with Crippen LogP contribution in [-0.2, 0) is 11.3 Å². The molecule has 0 saturated carbocycles. The van der Waals surface area contributed by atoms with Gasteiger partial charge in [0.25, 0.3) is 0 Å². The molecular weight excluding hydrogens is 288 g/mol. The first-order valence-corrected chi connectivity index (χ1v) is 8.54. The number of piperidine rings is 1. The van der Waals surface area contributed by atoms with Gasteiger partial charge in [-0.2, -0.15) is 5.10 Å². The second-order valence-electron chi connectivity index (χ2n) is 6.66. The SMILES string of the molecule is Cc1cnn(C[C@@H]2CCCCN2C(=O)C[C@H](C)n2cccc2)c1. The summed E-state index contributed by atoms with van der Waals surface area (Å²) < 4.78 is 4.08. The van der Waals surface area contributed by atoms with Crippen LogP contribution in [-0.4, -0.2) is 37.7 Å². The van der Waals surface area contributed by atoms with Gasteiger partial charge in [-0.05, 0) is 50.8 Å². The summed E-state index contributed by atoms with van der Waals surface area (Å²) in [4.78, 5) is 14.9. The summed E-state index contributed by atoms with van der Waals surface area (Å²) in [6.07, 6.45) is 11.9. The number of hydrogen-bond donors (Lipinski definition) is 0. The summed E-state index contributed by atoms with van der Waals surface area (Å²) in [7, 11) is 0. The van der Waals surface area contributed by atoms with E-state index in [9.17, 15) is 4.79 Å². The van der Waals surface area contributed by atoms with Gasteiger partial charge in [-0.15, -0.1) is 0 Å². The Hall–Kier alpha value is -2.04. The molecule has 0 radical (unpaired) electrons. The zero-order chi connectivity index (χ0) is 16.2. The van der Waals surface area contributed by atoms with Crippen LogP contribution in [0.5, 0.6) is 0 Å². The van der Waals surface area contributed by atoms with Gasteiger partial charge in [-0.3, -0.25) is 9.48 Å². The van der Waals surface area contributed by atoms with E-state index in [0.29, 0.717) is 6.42 Å². The lowest BCUT2D eigenvalue weighted by molar-refractivity contribution is -0.136. The number of aromatic nitrogens is 3. The lowest BCUT2D eigenvalue weighted by Gasteiger charge is -2.36. The number of nitrogens with zero attached hydrogens (tertiary/aromatic N) is 4. The summed E-state index contributed by atoms with van der Waals surface area (Å²) in [5, 5.41) is 4.38. The highest BCUT2D eigenvalue weighted by atomic mass is 16.2. The fourth-order valence-corrected chi connectivity index (χ4v) is 3.42. The van der Waals surface area contributed by atoms with E-state index in [1.165, 1.54) is 12.0 Å². The van der Waals surface area contributed by atoms with Gasteiger partial charge in [0.15, 0.2) is 0 Å². The van der Waals surface area contributed by atoms with Crippen LogP contribution in [0.1, 0.15) is 44.2 Å². The third-order valence-corrected chi connectivity index (χ3v) is 4.71. The lowest BCUT2D eigenvalue weighted by Crippen LogP contribution is -2.46. The summed E-state index contributed by atoms with van der Waals surface area (Å²) >= 11 is 0. The zero-order valence-electron chi connectivity index (χ0n) is 14.1. The predicted molar refractivity (Wildman–Crippen MR) is 90.1 cm³/mol. The van der Waals surface area contributed by atoms with Crippen molar-refractivity contribution in [2.45, 2.75) is 58.2 Å². The number of rotatable bonds is 5. The molecule has 0 aliphatic carbocycles. The van der Waals surface area contributed by atoms with Gasteiger partial charge in [0.05, 0.1) is 18.8 Å². The number of aryl methyl sites for hydroxylation is 1. The maximum Gasteiger partial charge on any atom is 0.224 e. The van der Waals surface area contributed by atoms with Gasteiger partial charge in [0.1, 0.15) is 0 Å². The fourth-order valence-electron chi connectivity index (χ4n) is 3.42. The molecule has 0 unspecified atom stereocenters. The maximum absolute atomic E-state index is 12.8. The minimum Gasteiger partial charge on any atom is -0.351 e. The lowest BCUT2D eigenvalue weighted by atomic mass is 10.0. The molecule has 1 aliphatic rings. The molecule has 0 spiro atoms. The van der Waals surface area contributed by atoms with Crippen LogP contribution in [0.4, 0.5) is 0 Å². The Morgan fingerprint density at radius 1 is 1.35 bits per heavy atom. The molecule has 0 bridgehead atoms. The summed E-state index contributed by atoms with van der Waals surface area (Å²) in [5.41, 5.74) is 1.17. The van der Waals surface area contributed by atoms with Gasteiger partial charge < -0.3 is 9.47 Å². The predicted octanol–water partition coefficient (Wildman–Crippen LogP) is 3.03. The van der Waals surface area contributed by atoms with E-state index >= 15 is 0 Å². The first-order valence-electron chi connectivity index (χ1n) is 8.54. The molecular formula is C18H26N4O. The van der Waals surface area contributed by atoms with E-state index in [4.69, 9.17) is 0 Å². The Balaban J connectivity index is 1.64. The van der Waals surface area contributed by atoms with Crippen molar-refractivity contribution in [2.24, 2.45) is 0 Å². The first-order chi connectivity index (χ1) is 11.1. The molecule has 0 N–H and O–H groups in total. The molecule has 3 rings (SSSR count). The Labute approximate surface area is 137 Å². The monoisotopic (exact) mass is 314 g/mol. The van der Waals surface area contributed by atoms with E-state index in [-0.39, 0.29) is 18.0 Å². The molecule has 1 amide bonds. The number of carbonyl (C=O) groups is 1. The van der Waals surface area contributed by atoms with Gasteiger partial charge in [-0.1, -0.05) is 0 Å². The first kappa shape index (κ1) is 15.8. The standard InChI is InChI=1S/C18H26N4O/c1-15-12-19-21(13-15)14-17-7-3-4-10-22(17)18(23)11-16(2)20-8-5-6-9-20/h5-6,8-9,12-13,16-17H,3-4,7,10-11,14H2,1-2H3/t16-,17-/m0/s1. The third-order valence-electron chi connectivity index (χ3n) is 4.71. The molecule has 3 heterocycles. The molecule has 2 atom stereocenters. The third kappa shape index (κ3) is 3.84. The largest absolute Gasteiger partial charge is 0.351 e. The van der Waals surface area contributed by atoms with Crippen molar-refractivity contribution in [3.63, 3.8) is 0 Å². The highest BCUT2D eigenvalue weighted by Gasteiger charge is 2.28. The molecule has 124 valence electrons. The average Bonchev–Trinajstić information content (AvgIpc) is 3.19. The van der Waals surface area contributed by atoms with Crippen LogP contribution in [0, 0.1) is 6.92 Å². The zero-order valence-corrected chi connectivity index (χ0v) is 14.1. The topological polar surface area (TPSA) is 43.1 Å². The Kier molecular flexibility index (Phi) is 4.84. The van der Waals surface area contributed by atoms with Crippen LogP contribution in [0.15, 0.2) is 36.9 Å². The molecule has 1 aliphatic heterocycles. The van der Waals surface area contributed by atoms with Crippen LogP contribution in [0.3, 0.4) is 0 Å². The highest BCUT2D eigenvalue weighted by Crippen LogP contribution is 2.22. The molecule has 23 heavy (non-hydrogen) atoms. The van der Waals surface area contributed by atoms with E-state index in [2.05, 4.69) is 27.7 Å². The minimum absolute atomic E-state index is 0.201. The van der Waals surface area contributed by atoms with E-state index in [1.807, 2.05) is 42.3 Å². The van der Waals surface area contributed by atoms with E-state index < -0.39 is 0 Å². The van der Waals surface area contributed by atoms with Crippen LogP contribution in [0.2, 0.25) is 0 Å². The second kappa shape index (κ2) is 7.02. The van der Waals surface area contributed by atoms with Crippen molar-refractivity contribution < 1.29 is 4.79 Å². The number of likely N-dealkylation sites (tertiary alicyclic amines) is 1. The van der Waals surface area contributed by atoms with Crippen LogP contribution in [0.25, 0.3) is 0 Å². The normalized spacial score (nSPS) is 19.7. The van der Waals surface area contributed by atoms with Gasteiger partial charge >= 0.3 is 0 Å². The van der Waals surface area contributed by atoms with Crippen molar-refractivity contribution in [1.29, 1.82) is 0 Å². The Bertz CT molecular complexity index is 631. The smallest absolute Gasteiger partial charge is 0.224 e. The van der Waals surface area contributed by atoms with E-state index in [1.54, 1.807) is 0 Å². The van der Waals surface area contributed by atoms with Gasteiger partial charge in [0, 0.05) is 37.6 Å². The van der Waals surface area contributed by atoms with Crippen LogP contribution < -0.4 is 0 Å². The number of hydrogen-bond acceptors (Lipinski definition) is 2. The highest BCUT2D eigenvalue weighted by molar-refractivity contribution is 5.77. The second-order valence-corrected chi connectivity index (χ2v) is 6.66. The Morgan fingerprint density at radius 3 is 2.83 bits per heavy atom. The van der Waals surface area contributed by atoms with Crippen molar-refractivity contribution in [1.82, 2.24) is 19.2 Å². The molecule has 1 saturated heterocycles. The molecule has 1 fully saturated rings. The quantitative estimate of drug-likeness (QED) is 0.851. The van der Waals surface area contributed by atoms with Crippen molar-refractivity contribution in [2.75, 3.05) is 6.54 Å². The molecule has 5 heteroatoms. The maximum atomic E-state index is 12.8. The van der Waals surface area contributed by atoms with Crippen molar-refractivity contribution in [3.8, 4) is 0 Å². The molecule has 2 aromatic rings. The summed E-state index contributed by atoms with van der Waals surface area (Å²) in [5.74, 6) is 0.264. The molecule has 5 nitrogen and oxygen atoms in total. The minimum atomic E-state index is 0.201. The molecule has 0 aromatic carbocycles. The number of carbonyl (C=O) groups excluding carboxylic acids is 1.